The van der Waals surface area contributed by atoms with Gasteiger partial charge in [-0.05, 0) is 25.7 Å². The van der Waals surface area contributed by atoms with Crippen LogP contribution in [0.2, 0.25) is 0 Å². The van der Waals surface area contributed by atoms with Crippen molar-refractivity contribution in [1.82, 2.24) is 0 Å². The van der Waals surface area contributed by atoms with Crippen LogP contribution in [0.5, 0.6) is 0 Å². The van der Waals surface area contributed by atoms with Crippen molar-refractivity contribution in [2.24, 2.45) is 0 Å². The van der Waals surface area contributed by atoms with E-state index in [2.05, 4.69) is 31.9 Å². The summed E-state index contributed by atoms with van der Waals surface area (Å²) in [5.74, 6) is 0. The normalized spacial score (nSPS) is 10.3. The predicted octanol–water partition coefficient (Wildman–Crippen LogP) is 2.90. The minimum absolute atomic E-state index is 0.754. The van der Waals surface area contributed by atoms with Crippen molar-refractivity contribution in [3.63, 3.8) is 0 Å². The van der Waals surface area contributed by atoms with Gasteiger partial charge in [0.1, 0.15) is 0 Å². The molecule has 0 aliphatic rings. The molecule has 0 atom stereocenters. The van der Waals surface area contributed by atoms with Crippen LogP contribution >= 0.6 is 31.9 Å². The Morgan fingerprint density at radius 1 is 0.769 bits per heavy atom. The van der Waals surface area contributed by atoms with Crippen molar-refractivity contribution in [1.29, 1.82) is 0 Å². The maximum Gasteiger partial charge on any atom is 0.487 e. The summed E-state index contributed by atoms with van der Waals surface area (Å²) in [6.07, 6.45) is 4.45. The van der Waals surface area contributed by atoms with Gasteiger partial charge in [-0.25, -0.2) is 0 Å². The molecular weight excluding hydrogens is 299 g/mol. The van der Waals surface area contributed by atoms with Gasteiger partial charge in [-0.15, -0.1) is 0 Å². The second kappa shape index (κ2) is 12.9. The molecule has 0 spiro atoms. The first kappa shape index (κ1) is 13.9. The molecule has 1 radical (unpaired) electrons. The lowest BCUT2D eigenvalue weighted by atomic mass is 10.3. The highest BCUT2D eigenvalue weighted by molar-refractivity contribution is 9.09. The van der Waals surface area contributed by atoms with E-state index in [4.69, 9.17) is 9.31 Å². The summed E-state index contributed by atoms with van der Waals surface area (Å²) in [4.78, 5) is 0. The van der Waals surface area contributed by atoms with Crippen LogP contribution in [0.15, 0.2) is 0 Å². The van der Waals surface area contributed by atoms with E-state index in [1.165, 1.54) is 7.69 Å². The maximum atomic E-state index is 5.14. The molecule has 0 aromatic rings. The summed E-state index contributed by atoms with van der Waals surface area (Å²) < 4.78 is 10.3. The zero-order valence-electron chi connectivity index (χ0n) is 7.81. The van der Waals surface area contributed by atoms with Gasteiger partial charge >= 0.3 is 7.69 Å². The summed E-state index contributed by atoms with van der Waals surface area (Å²) in [5.41, 5.74) is 0. The maximum absolute atomic E-state index is 5.14. The van der Waals surface area contributed by atoms with Crippen LogP contribution in [0.4, 0.5) is 0 Å². The van der Waals surface area contributed by atoms with Crippen molar-refractivity contribution in [3.05, 3.63) is 0 Å². The van der Waals surface area contributed by atoms with E-state index < -0.39 is 0 Å². The Balaban J connectivity index is 2.76. The molecule has 0 amide bonds. The van der Waals surface area contributed by atoms with Crippen molar-refractivity contribution < 1.29 is 9.31 Å². The molecule has 13 heavy (non-hydrogen) atoms. The first-order valence-corrected chi connectivity index (χ1v) is 6.83. The first-order valence-electron chi connectivity index (χ1n) is 4.58. The van der Waals surface area contributed by atoms with Crippen LogP contribution in [0, 0.1) is 0 Å². The van der Waals surface area contributed by atoms with Crippen LogP contribution in [0.25, 0.3) is 0 Å². The van der Waals surface area contributed by atoms with Crippen LogP contribution < -0.4 is 0 Å². The number of halogens is 2. The summed E-state index contributed by atoms with van der Waals surface area (Å²) >= 11 is 6.72. The second-order valence-electron chi connectivity index (χ2n) is 2.63. The zero-order chi connectivity index (χ0) is 9.78. The molecule has 77 valence electrons. The van der Waals surface area contributed by atoms with E-state index in [1.807, 2.05) is 0 Å². The topological polar surface area (TPSA) is 18.5 Å². The number of alkyl halides is 2. The molecule has 2 nitrogen and oxygen atoms in total. The quantitative estimate of drug-likeness (QED) is 0.351. The van der Waals surface area contributed by atoms with Crippen LogP contribution in [-0.4, -0.2) is 31.6 Å². The van der Waals surface area contributed by atoms with Crippen molar-refractivity contribution in [2.45, 2.75) is 25.7 Å². The molecule has 0 unspecified atom stereocenters. The van der Waals surface area contributed by atoms with Gasteiger partial charge in [0.15, 0.2) is 0 Å². The minimum atomic E-state index is 0.754. The molecule has 0 saturated carbocycles. The molecular formula is C8H16BBr2O2. The molecule has 0 aromatic heterocycles. The van der Waals surface area contributed by atoms with E-state index in [1.54, 1.807) is 0 Å². The van der Waals surface area contributed by atoms with Gasteiger partial charge in [0.25, 0.3) is 0 Å². The molecule has 0 N–H and O–H groups in total. The molecule has 0 aliphatic heterocycles. The van der Waals surface area contributed by atoms with Gasteiger partial charge in [0.05, 0.1) is 0 Å². The largest absolute Gasteiger partial charge is 0.487 e. The Morgan fingerprint density at radius 2 is 1.23 bits per heavy atom. The van der Waals surface area contributed by atoms with Crippen molar-refractivity contribution >= 4 is 39.5 Å². The van der Waals surface area contributed by atoms with E-state index >= 15 is 0 Å². The summed E-state index contributed by atoms with van der Waals surface area (Å²) in [6, 6.07) is 0. The molecule has 5 heteroatoms. The van der Waals surface area contributed by atoms with Crippen molar-refractivity contribution in [3.8, 4) is 0 Å². The lowest BCUT2D eigenvalue weighted by Gasteiger charge is -2.02. The van der Waals surface area contributed by atoms with E-state index in [-0.39, 0.29) is 0 Å². The molecule has 0 aromatic carbocycles. The fourth-order valence-electron chi connectivity index (χ4n) is 0.704. The van der Waals surface area contributed by atoms with Gasteiger partial charge in [-0.3, -0.25) is 0 Å². The molecule has 0 heterocycles. The van der Waals surface area contributed by atoms with Crippen LogP contribution in [0.3, 0.4) is 0 Å². The number of rotatable bonds is 10. The molecule has 0 aliphatic carbocycles. The average Bonchev–Trinajstić information content (AvgIpc) is 2.16. The third-order valence-electron chi connectivity index (χ3n) is 1.43. The Kier molecular flexibility index (Phi) is 13.9. The van der Waals surface area contributed by atoms with E-state index in [0.717, 1.165) is 49.6 Å². The monoisotopic (exact) mass is 313 g/mol. The lowest BCUT2D eigenvalue weighted by Crippen LogP contribution is -2.07. The number of hydrogen-bond donors (Lipinski definition) is 0. The standard InChI is InChI=1S/C8H16BBr2O2/c10-5-1-3-7-12-9-13-8-4-2-6-11/h1-8H2. The fraction of sp³-hybridized carbons (Fsp3) is 1.00. The Bertz CT molecular complexity index is 86.2. The SMILES string of the molecule is BrCCCCO[B]OCCCCBr. The highest BCUT2D eigenvalue weighted by atomic mass is 79.9. The molecule has 0 bridgehead atoms. The summed E-state index contributed by atoms with van der Waals surface area (Å²) in [7, 11) is 1.46. The molecule has 0 fully saturated rings. The predicted molar refractivity (Wildman–Crippen MR) is 63.7 cm³/mol. The zero-order valence-corrected chi connectivity index (χ0v) is 11.0. The average molecular weight is 315 g/mol. The lowest BCUT2D eigenvalue weighted by molar-refractivity contribution is 0.216. The highest BCUT2D eigenvalue weighted by Crippen LogP contribution is 1.95. The Morgan fingerprint density at radius 3 is 1.62 bits per heavy atom. The Labute approximate surface area is 98.3 Å². The van der Waals surface area contributed by atoms with Crippen molar-refractivity contribution in [2.75, 3.05) is 23.9 Å². The van der Waals surface area contributed by atoms with Gasteiger partial charge in [-0.2, -0.15) is 0 Å². The second-order valence-corrected chi connectivity index (χ2v) is 4.22. The molecule has 0 rings (SSSR count). The molecule has 0 saturated heterocycles. The smallest absolute Gasteiger partial charge is 0.413 e. The number of unbranched alkanes of at least 4 members (excludes halogenated alkanes) is 2. The van der Waals surface area contributed by atoms with Gasteiger partial charge in [0, 0.05) is 23.9 Å². The summed E-state index contributed by atoms with van der Waals surface area (Å²) in [5, 5.41) is 2.09. The third kappa shape index (κ3) is 12.9. The Hall–Kier alpha value is 0.945. The van der Waals surface area contributed by atoms with Gasteiger partial charge < -0.3 is 9.31 Å². The minimum Gasteiger partial charge on any atom is -0.413 e. The van der Waals surface area contributed by atoms with Gasteiger partial charge in [0.2, 0.25) is 0 Å². The fourth-order valence-corrected chi connectivity index (χ4v) is 1.50. The van der Waals surface area contributed by atoms with E-state index in [9.17, 15) is 0 Å². The first-order chi connectivity index (χ1) is 6.41. The number of hydrogen-bond acceptors (Lipinski definition) is 2. The van der Waals surface area contributed by atoms with Crippen LogP contribution in [-0.2, 0) is 9.31 Å². The summed E-state index contributed by atoms with van der Waals surface area (Å²) in [6.45, 7) is 1.51. The third-order valence-corrected chi connectivity index (χ3v) is 2.55. The van der Waals surface area contributed by atoms with Gasteiger partial charge in [-0.1, -0.05) is 31.9 Å². The van der Waals surface area contributed by atoms with Crippen LogP contribution in [0.1, 0.15) is 25.7 Å². The van der Waals surface area contributed by atoms with E-state index in [0.29, 0.717) is 0 Å². The highest BCUT2D eigenvalue weighted by Gasteiger charge is 1.94.